The molecule has 0 aliphatic carbocycles. The van der Waals surface area contributed by atoms with Crippen molar-refractivity contribution in [2.75, 3.05) is 0 Å². The van der Waals surface area contributed by atoms with Crippen molar-refractivity contribution in [1.29, 1.82) is 0 Å². The molecule has 0 bridgehead atoms. The van der Waals surface area contributed by atoms with Gasteiger partial charge in [-0.25, -0.2) is 0 Å². The van der Waals surface area contributed by atoms with E-state index in [1.165, 1.54) is 0 Å². The van der Waals surface area contributed by atoms with Crippen LogP contribution in [0.2, 0.25) is 5.02 Å². The summed E-state index contributed by atoms with van der Waals surface area (Å²) in [5, 5.41) is 2.40. The molecule has 3 heteroatoms. The monoisotopic (exact) mass is 284 g/mol. The molecule has 0 N–H and O–H groups in total. The second-order valence-electron chi connectivity index (χ2n) is 4.80. The van der Waals surface area contributed by atoms with Gasteiger partial charge in [0.1, 0.15) is 11.5 Å². The second kappa shape index (κ2) is 4.80. The third-order valence-corrected chi connectivity index (χ3v) is 3.73. The highest BCUT2D eigenvalue weighted by Crippen LogP contribution is 2.29. The molecule has 0 aliphatic heterocycles. The minimum atomic E-state index is -0.0350. The third-order valence-electron chi connectivity index (χ3n) is 3.40. The van der Waals surface area contributed by atoms with E-state index in [4.69, 9.17) is 16.0 Å². The summed E-state index contributed by atoms with van der Waals surface area (Å²) >= 11 is 6.19. The molecular formula is C17H13ClO2. The van der Waals surface area contributed by atoms with E-state index < -0.39 is 0 Å². The van der Waals surface area contributed by atoms with E-state index >= 15 is 0 Å². The van der Waals surface area contributed by atoms with Gasteiger partial charge in [-0.05, 0) is 37.4 Å². The fraction of sp³-hybridized carbons (Fsp3) is 0.118. The summed E-state index contributed by atoms with van der Waals surface area (Å²) in [6, 6.07) is 13.0. The number of hydrogen-bond donors (Lipinski definition) is 0. The first-order chi connectivity index (χ1) is 9.58. The topological polar surface area (TPSA) is 30.2 Å². The van der Waals surface area contributed by atoms with Crippen molar-refractivity contribution in [3.63, 3.8) is 0 Å². The Balaban J connectivity index is 2.23. The predicted molar refractivity (Wildman–Crippen MR) is 80.6 cm³/mol. The van der Waals surface area contributed by atoms with E-state index in [2.05, 4.69) is 0 Å². The SMILES string of the molecule is Cc1cc(C(=O)c2ccc(Cl)c3ccccc23)c(C)o1. The highest BCUT2D eigenvalue weighted by atomic mass is 35.5. The molecule has 20 heavy (non-hydrogen) atoms. The zero-order chi connectivity index (χ0) is 14.3. The minimum Gasteiger partial charge on any atom is -0.466 e. The summed E-state index contributed by atoms with van der Waals surface area (Å²) in [7, 11) is 0. The number of rotatable bonds is 2. The number of carbonyl (C=O) groups excluding carboxylic acids is 1. The third kappa shape index (κ3) is 2.02. The van der Waals surface area contributed by atoms with Crippen LogP contribution in [0, 0.1) is 13.8 Å². The van der Waals surface area contributed by atoms with Crippen LogP contribution in [0.25, 0.3) is 10.8 Å². The van der Waals surface area contributed by atoms with Crippen LogP contribution in [-0.4, -0.2) is 5.78 Å². The second-order valence-corrected chi connectivity index (χ2v) is 5.20. The molecule has 0 amide bonds. The molecule has 2 aromatic carbocycles. The Morgan fingerprint density at radius 2 is 1.70 bits per heavy atom. The summed E-state index contributed by atoms with van der Waals surface area (Å²) < 4.78 is 5.45. The molecule has 0 saturated carbocycles. The van der Waals surface area contributed by atoms with Crippen LogP contribution < -0.4 is 0 Å². The first-order valence-corrected chi connectivity index (χ1v) is 6.74. The Morgan fingerprint density at radius 3 is 2.35 bits per heavy atom. The van der Waals surface area contributed by atoms with E-state index in [9.17, 15) is 4.79 Å². The molecule has 0 radical (unpaired) electrons. The van der Waals surface area contributed by atoms with Gasteiger partial charge in [0.05, 0.1) is 5.56 Å². The average molecular weight is 285 g/mol. The van der Waals surface area contributed by atoms with E-state index in [1.54, 1.807) is 25.1 Å². The van der Waals surface area contributed by atoms with Crippen LogP contribution in [0.3, 0.4) is 0 Å². The lowest BCUT2D eigenvalue weighted by Gasteiger charge is -2.06. The molecule has 2 nitrogen and oxygen atoms in total. The molecule has 100 valence electrons. The maximum absolute atomic E-state index is 12.7. The smallest absolute Gasteiger partial charge is 0.197 e. The lowest BCUT2D eigenvalue weighted by molar-refractivity contribution is 0.103. The lowest BCUT2D eigenvalue weighted by Crippen LogP contribution is -2.02. The highest BCUT2D eigenvalue weighted by molar-refractivity contribution is 6.36. The van der Waals surface area contributed by atoms with Crippen LogP contribution in [0.15, 0.2) is 46.9 Å². The number of benzene rings is 2. The van der Waals surface area contributed by atoms with Gasteiger partial charge in [-0.3, -0.25) is 4.79 Å². The van der Waals surface area contributed by atoms with Gasteiger partial charge in [-0.1, -0.05) is 35.9 Å². The van der Waals surface area contributed by atoms with Gasteiger partial charge in [-0.2, -0.15) is 0 Å². The molecule has 0 atom stereocenters. The van der Waals surface area contributed by atoms with Crippen LogP contribution in [0.4, 0.5) is 0 Å². The number of hydrogen-bond acceptors (Lipinski definition) is 2. The largest absolute Gasteiger partial charge is 0.466 e. The number of carbonyl (C=O) groups is 1. The maximum atomic E-state index is 12.7. The molecule has 0 unspecified atom stereocenters. The molecule has 3 rings (SSSR count). The van der Waals surface area contributed by atoms with E-state index in [0.717, 1.165) is 16.5 Å². The number of furan rings is 1. The van der Waals surface area contributed by atoms with Crippen LogP contribution in [0.1, 0.15) is 27.4 Å². The van der Waals surface area contributed by atoms with Gasteiger partial charge in [0, 0.05) is 16.0 Å². The van der Waals surface area contributed by atoms with E-state index in [-0.39, 0.29) is 5.78 Å². The first kappa shape index (κ1) is 12.9. The summed E-state index contributed by atoms with van der Waals surface area (Å²) in [5.41, 5.74) is 1.25. The number of ketones is 1. The van der Waals surface area contributed by atoms with E-state index in [1.807, 2.05) is 31.2 Å². The van der Waals surface area contributed by atoms with Crippen molar-refractivity contribution in [3.05, 3.63) is 70.1 Å². The van der Waals surface area contributed by atoms with Crippen molar-refractivity contribution in [1.82, 2.24) is 0 Å². The fourth-order valence-electron chi connectivity index (χ4n) is 2.46. The maximum Gasteiger partial charge on any atom is 0.197 e. The Morgan fingerprint density at radius 1 is 1.00 bits per heavy atom. The fourth-order valence-corrected chi connectivity index (χ4v) is 2.69. The van der Waals surface area contributed by atoms with Gasteiger partial charge in [-0.15, -0.1) is 0 Å². The van der Waals surface area contributed by atoms with Crippen molar-refractivity contribution in [3.8, 4) is 0 Å². The summed E-state index contributed by atoms with van der Waals surface area (Å²) in [5.74, 6) is 1.35. The van der Waals surface area contributed by atoms with Crippen LogP contribution >= 0.6 is 11.6 Å². The van der Waals surface area contributed by atoms with Crippen LogP contribution in [0.5, 0.6) is 0 Å². The highest BCUT2D eigenvalue weighted by Gasteiger charge is 2.18. The Kier molecular flexibility index (Phi) is 3.11. The molecule has 0 aliphatic rings. The molecule has 0 fully saturated rings. The summed E-state index contributed by atoms with van der Waals surface area (Å²) in [6.07, 6.45) is 0. The van der Waals surface area contributed by atoms with Gasteiger partial charge in [0.2, 0.25) is 0 Å². The summed E-state index contributed by atoms with van der Waals surface area (Å²) in [4.78, 5) is 12.7. The molecule has 0 spiro atoms. The molecule has 0 saturated heterocycles. The quantitative estimate of drug-likeness (QED) is 0.624. The Hall–Kier alpha value is -2.06. The zero-order valence-electron chi connectivity index (χ0n) is 11.2. The van der Waals surface area contributed by atoms with Gasteiger partial charge >= 0.3 is 0 Å². The van der Waals surface area contributed by atoms with Crippen molar-refractivity contribution in [2.45, 2.75) is 13.8 Å². The molecule has 3 aromatic rings. The van der Waals surface area contributed by atoms with Crippen LogP contribution in [-0.2, 0) is 0 Å². The van der Waals surface area contributed by atoms with Crippen molar-refractivity contribution >= 4 is 28.2 Å². The molecule has 1 heterocycles. The van der Waals surface area contributed by atoms with Crippen molar-refractivity contribution in [2.24, 2.45) is 0 Å². The average Bonchev–Trinajstić information content (AvgIpc) is 2.78. The number of halogens is 1. The molecule has 1 aromatic heterocycles. The Bertz CT molecular complexity index is 815. The Labute approximate surface area is 122 Å². The first-order valence-electron chi connectivity index (χ1n) is 6.37. The van der Waals surface area contributed by atoms with Gasteiger partial charge < -0.3 is 4.42 Å². The van der Waals surface area contributed by atoms with Gasteiger partial charge in [0.25, 0.3) is 0 Å². The number of aryl methyl sites for hydroxylation is 2. The predicted octanol–water partition coefficient (Wildman–Crippen LogP) is 4.93. The van der Waals surface area contributed by atoms with Crippen molar-refractivity contribution < 1.29 is 9.21 Å². The minimum absolute atomic E-state index is 0.0350. The summed E-state index contributed by atoms with van der Waals surface area (Å²) in [6.45, 7) is 3.64. The zero-order valence-corrected chi connectivity index (χ0v) is 12.0. The lowest BCUT2D eigenvalue weighted by atomic mass is 9.97. The standard InChI is InChI=1S/C17H13ClO2/c1-10-9-15(11(2)20-10)17(19)14-7-8-16(18)13-6-4-3-5-12(13)14/h3-9H,1-2H3. The van der Waals surface area contributed by atoms with E-state index in [0.29, 0.717) is 21.9 Å². The number of fused-ring (bicyclic) bond motifs is 1. The van der Waals surface area contributed by atoms with Gasteiger partial charge in [0.15, 0.2) is 5.78 Å². The molecular weight excluding hydrogens is 272 g/mol. The normalized spacial score (nSPS) is 10.9.